The molecule has 2 aliphatic rings. The highest BCUT2D eigenvalue weighted by Gasteiger charge is 2.39. The van der Waals surface area contributed by atoms with Gasteiger partial charge in [-0.1, -0.05) is 32.6 Å². The lowest BCUT2D eigenvalue weighted by atomic mass is 9.84. The molecule has 19 heavy (non-hydrogen) atoms. The Kier molecular flexibility index (Phi) is 5.24. The van der Waals surface area contributed by atoms with Crippen LogP contribution in [0.5, 0.6) is 0 Å². The molecular weight excluding hydrogens is 236 g/mol. The van der Waals surface area contributed by atoms with Crippen molar-refractivity contribution in [1.82, 2.24) is 0 Å². The van der Waals surface area contributed by atoms with Gasteiger partial charge in [0.15, 0.2) is 0 Å². The highest BCUT2D eigenvalue weighted by atomic mass is 16.5. The average molecular weight is 264 g/mol. The Balaban J connectivity index is 1.75. The first kappa shape index (κ1) is 14.8. The molecule has 3 heteroatoms. The normalized spacial score (nSPS) is 39.1. The number of rotatable bonds is 5. The summed E-state index contributed by atoms with van der Waals surface area (Å²) in [5.74, 6) is 1.08. The molecule has 0 spiro atoms. The number of nitrogens with two attached hydrogens (primary N) is 1. The van der Waals surface area contributed by atoms with Crippen molar-refractivity contribution in [3.8, 4) is 6.07 Å². The lowest BCUT2D eigenvalue weighted by molar-refractivity contribution is -0.0184. The maximum absolute atomic E-state index is 9.21. The number of nitriles is 1. The fourth-order valence-electron chi connectivity index (χ4n) is 3.87. The molecule has 0 aliphatic heterocycles. The minimum Gasteiger partial charge on any atom is -0.378 e. The smallest absolute Gasteiger partial charge is 0.107 e. The van der Waals surface area contributed by atoms with Gasteiger partial charge in [-0.05, 0) is 43.9 Å². The average Bonchev–Trinajstić information content (AvgIpc) is 2.81. The van der Waals surface area contributed by atoms with Crippen molar-refractivity contribution in [2.24, 2.45) is 17.6 Å². The van der Waals surface area contributed by atoms with Crippen LogP contribution in [-0.2, 0) is 4.74 Å². The first-order valence-electron chi connectivity index (χ1n) is 8.01. The van der Waals surface area contributed by atoms with Gasteiger partial charge in [-0.25, -0.2) is 0 Å². The minimum atomic E-state index is -0.583. The van der Waals surface area contributed by atoms with Gasteiger partial charge in [0.25, 0.3) is 0 Å². The Bertz CT molecular complexity index is 325. The Labute approximate surface area is 117 Å². The molecule has 0 aromatic carbocycles. The molecule has 4 atom stereocenters. The fraction of sp³-hybridized carbons (Fsp3) is 0.938. The van der Waals surface area contributed by atoms with Gasteiger partial charge in [0.2, 0.25) is 0 Å². The second kappa shape index (κ2) is 6.72. The van der Waals surface area contributed by atoms with E-state index in [1.54, 1.807) is 0 Å². The van der Waals surface area contributed by atoms with Crippen LogP contribution in [-0.4, -0.2) is 18.2 Å². The molecule has 0 amide bonds. The van der Waals surface area contributed by atoms with Crippen molar-refractivity contribution < 1.29 is 4.74 Å². The summed E-state index contributed by atoms with van der Waals surface area (Å²) in [5.41, 5.74) is 5.58. The van der Waals surface area contributed by atoms with Gasteiger partial charge < -0.3 is 10.5 Å². The number of ether oxygens (including phenoxy) is 1. The van der Waals surface area contributed by atoms with Gasteiger partial charge in [0.1, 0.15) is 5.54 Å². The Morgan fingerprint density at radius 1 is 1.26 bits per heavy atom. The summed E-state index contributed by atoms with van der Waals surface area (Å²) in [7, 11) is 0. The molecule has 4 unspecified atom stereocenters. The molecular formula is C16H28N2O. The summed E-state index contributed by atoms with van der Waals surface area (Å²) < 4.78 is 6.12. The van der Waals surface area contributed by atoms with Crippen LogP contribution in [0.2, 0.25) is 0 Å². The van der Waals surface area contributed by atoms with Crippen LogP contribution in [0.15, 0.2) is 0 Å². The van der Waals surface area contributed by atoms with Crippen molar-refractivity contribution in [2.45, 2.75) is 76.4 Å². The second-order valence-electron chi connectivity index (χ2n) is 6.39. The van der Waals surface area contributed by atoms with Crippen molar-refractivity contribution in [1.29, 1.82) is 5.26 Å². The van der Waals surface area contributed by atoms with E-state index in [2.05, 4.69) is 13.0 Å². The lowest BCUT2D eigenvalue weighted by Crippen LogP contribution is -2.42. The van der Waals surface area contributed by atoms with E-state index in [1.165, 1.54) is 32.1 Å². The third kappa shape index (κ3) is 3.49. The first-order valence-corrected chi connectivity index (χ1v) is 8.01. The van der Waals surface area contributed by atoms with Crippen LogP contribution in [0.1, 0.15) is 64.7 Å². The SMILES string of the molecule is CCC1CCCCC1OCCC1CCCC1(N)C#N. The number of nitrogens with zero attached hydrogens (tertiary/aromatic N) is 1. The van der Waals surface area contributed by atoms with Crippen molar-refractivity contribution in [3.63, 3.8) is 0 Å². The van der Waals surface area contributed by atoms with Crippen molar-refractivity contribution in [3.05, 3.63) is 0 Å². The molecule has 0 aromatic heterocycles. The molecule has 2 N–H and O–H groups in total. The Hall–Kier alpha value is -0.590. The number of hydrogen-bond acceptors (Lipinski definition) is 3. The Morgan fingerprint density at radius 3 is 2.79 bits per heavy atom. The monoisotopic (exact) mass is 264 g/mol. The molecule has 0 aromatic rings. The zero-order chi connectivity index (χ0) is 13.7. The highest BCUT2D eigenvalue weighted by molar-refractivity contribution is 5.11. The molecule has 2 aliphatic carbocycles. The van der Waals surface area contributed by atoms with Gasteiger partial charge in [-0.2, -0.15) is 5.26 Å². The fourth-order valence-corrected chi connectivity index (χ4v) is 3.87. The van der Waals surface area contributed by atoms with Crippen LogP contribution in [0.4, 0.5) is 0 Å². The predicted octanol–water partition coefficient (Wildman–Crippen LogP) is 3.38. The van der Waals surface area contributed by atoms with Crippen LogP contribution in [0.25, 0.3) is 0 Å². The largest absolute Gasteiger partial charge is 0.378 e. The van der Waals surface area contributed by atoms with Crippen LogP contribution in [0.3, 0.4) is 0 Å². The molecule has 0 bridgehead atoms. The quantitative estimate of drug-likeness (QED) is 0.828. The summed E-state index contributed by atoms with van der Waals surface area (Å²) in [5, 5.41) is 9.21. The topological polar surface area (TPSA) is 59.0 Å². The summed E-state index contributed by atoms with van der Waals surface area (Å²) in [6.45, 7) is 3.05. The summed E-state index contributed by atoms with van der Waals surface area (Å²) in [6.07, 6.45) is 10.9. The van der Waals surface area contributed by atoms with E-state index in [0.717, 1.165) is 38.2 Å². The zero-order valence-electron chi connectivity index (χ0n) is 12.2. The van der Waals surface area contributed by atoms with Crippen molar-refractivity contribution >= 4 is 0 Å². The second-order valence-corrected chi connectivity index (χ2v) is 6.39. The molecule has 0 saturated heterocycles. The van der Waals surface area contributed by atoms with Crippen LogP contribution < -0.4 is 5.73 Å². The predicted molar refractivity (Wildman–Crippen MR) is 76.5 cm³/mol. The summed E-state index contributed by atoms with van der Waals surface area (Å²) in [4.78, 5) is 0. The number of hydrogen-bond donors (Lipinski definition) is 1. The molecule has 2 rings (SSSR count). The Morgan fingerprint density at radius 2 is 2.05 bits per heavy atom. The van der Waals surface area contributed by atoms with Gasteiger partial charge >= 0.3 is 0 Å². The molecule has 3 nitrogen and oxygen atoms in total. The third-order valence-corrected chi connectivity index (χ3v) is 5.24. The maximum atomic E-state index is 9.21. The van der Waals surface area contributed by atoms with E-state index in [9.17, 15) is 5.26 Å². The summed E-state index contributed by atoms with van der Waals surface area (Å²) in [6, 6.07) is 2.32. The maximum Gasteiger partial charge on any atom is 0.107 e. The first-order chi connectivity index (χ1) is 9.19. The lowest BCUT2D eigenvalue weighted by Gasteiger charge is -2.32. The van der Waals surface area contributed by atoms with Gasteiger partial charge in [-0.3, -0.25) is 0 Å². The van der Waals surface area contributed by atoms with E-state index in [1.807, 2.05) is 0 Å². The van der Waals surface area contributed by atoms with Crippen LogP contribution >= 0.6 is 0 Å². The van der Waals surface area contributed by atoms with E-state index >= 15 is 0 Å². The van der Waals surface area contributed by atoms with E-state index < -0.39 is 5.54 Å². The third-order valence-electron chi connectivity index (χ3n) is 5.24. The zero-order valence-corrected chi connectivity index (χ0v) is 12.2. The van der Waals surface area contributed by atoms with E-state index in [4.69, 9.17) is 10.5 Å². The molecule has 2 saturated carbocycles. The van der Waals surface area contributed by atoms with Gasteiger partial charge in [0, 0.05) is 6.61 Å². The molecule has 0 heterocycles. The van der Waals surface area contributed by atoms with Crippen molar-refractivity contribution in [2.75, 3.05) is 6.61 Å². The highest BCUT2D eigenvalue weighted by Crippen LogP contribution is 2.36. The standard InChI is InChI=1S/C16H28N2O/c1-2-13-6-3-4-8-15(13)19-11-9-14-7-5-10-16(14,18)12-17/h13-15H,2-11,18H2,1H3. The molecule has 108 valence electrons. The van der Waals surface area contributed by atoms with E-state index in [0.29, 0.717) is 12.0 Å². The van der Waals surface area contributed by atoms with E-state index in [-0.39, 0.29) is 0 Å². The minimum absolute atomic E-state index is 0.334. The van der Waals surface area contributed by atoms with Gasteiger partial charge in [0.05, 0.1) is 12.2 Å². The van der Waals surface area contributed by atoms with Crippen LogP contribution in [0, 0.1) is 23.2 Å². The van der Waals surface area contributed by atoms with Gasteiger partial charge in [-0.15, -0.1) is 0 Å². The summed E-state index contributed by atoms with van der Waals surface area (Å²) >= 11 is 0. The molecule has 2 fully saturated rings. The molecule has 0 radical (unpaired) electrons.